The minimum Gasteiger partial charge on any atom is -0.452 e. The maximum atomic E-state index is 14.6. The van der Waals surface area contributed by atoms with Crippen LogP contribution >= 0.6 is 11.6 Å². The van der Waals surface area contributed by atoms with Gasteiger partial charge >= 0.3 is 12.1 Å². The number of hydrogen-bond acceptors (Lipinski definition) is 4. The van der Waals surface area contributed by atoms with Gasteiger partial charge in [0, 0.05) is 18.2 Å². The van der Waals surface area contributed by atoms with E-state index in [0.29, 0.717) is 6.42 Å². The van der Waals surface area contributed by atoms with E-state index in [1.165, 1.54) is 17.0 Å². The molecule has 2 heterocycles. The minimum absolute atomic E-state index is 0.0474. The number of piperidine rings is 1. The lowest BCUT2D eigenvalue weighted by Gasteiger charge is -2.42. The standard InChI is InChI=1S/C20H13ClF5N3O2/c21-15-10(8-27)12(23)7-14-17(15)29-6-2-5-13(28-19(30)20(24,25)26)16(29)9-3-1-4-11(22)18(9)31-14/h1,3-4,7,13,16H,2,5-6H2,(H,28,30)/t13-,16+/m1/s1. The Hall–Kier alpha value is -3.06. The summed E-state index contributed by atoms with van der Waals surface area (Å²) in [5.74, 6) is -4.44. The predicted molar refractivity (Wildman–Crippen MR) is 99.9 cm³/mol. The van der Waals surface area contributed by atoms with Crippen LogP contribution in [-0.2, 0) is 4.79 Å². The Morgan fingerprint density at radius 2 is 2.03 bits per heavy atom. The van der Waals surface area contributed by atoms with Crippen LogP contribution < -0.4 is 15.0 Å². The van der Waals surface area contributed by atoms with Gasteiger partial charge in [-0.3, -0.25) is 4.79 Å². The largest absolute Gasteiger partial charge is 0.471 e. The third kappa shape index (κ3) is 3.53. The van der Waals surface area contributed by atoms with E-state index in [9.17, 15) is 32.0 Å². The van der Waals surface area contributed by atoms with Crippen LogP contribution in [0.2, 0.25) is 5.02 Å². The second-order valence-corrected chi connectivity index (χ2v) is 7.50. The molecule has 2 aromatic carbocycles. The van der Waals surface area contributed by atoms with E-state index < -0.39 is 41.4 Å². The molecule has 162 valence electrons. The molecule has 0 saturated carbocycles. The molecule has 11 heteroatoms. The molecule has 2 aromatic rings. The number of carbonyl (C=O) groups excluding carboxylic acids is 1. The number of benzene rings is 2. The van der Waals surface area contributed by atoms with E-state index >= 15 is 0 Å². The molecule has 2 atom stereocenters. The number of anilines is 1. The van der Waals surface area contributed by atoms with Crippen LogP contribution in [0.4, 0.5) is 27.6 Å². The summed E-state index contributed by atoms with van der Waals surface area (Å²) in [4.78, 5) is 13.2. The molecular formula is C20H13ClF5N3O2. The SMILES string of the molecule is N#Cc1c(F)cc2c(c1Cl)N1CCC[C@@H](NC(=O)C(F)(F)F)[C@@H]1c1cccc(F)c1O2. The molecule has 0 bridgehead atoms. The second kappa shape index (κ2) is 7.57. The molecule has 0 radical (unpaired) electrons. The molecule has 31 heavy (non-hydrogen) atoms. The van der Waals surface area contributed by atoms with Gasteiger partial charge in [-0.15, -0.1) is 0 Å². The molecule has 0 aromatic heterocycles. The van der Waals surface area contributed by atoms with Crippen LogP contribution in [0, 0.1) is 23.0 Å². The Labute approximate surface area is 178 Å². The van der Waals surface area contributed by atoms with Crippen molar-refractivity contribution in [2.24, 2.45) is 0 Å². The van der Waals surface area contributed by atoms with Crippen molar-refractivity contribution < 1.29 is 31.5 Å². The molecule has 1 fully saturated rings. The van der Waals surface area contributed by atoms with Crippen molar-refractivity contribution in [2.75, 3.05) is 11.4 Å². The summed E-state index contributed by atoms with van der Waals surface area (Å²) in [5, 5.41) is 10.9. The first-order valence-electron chi connectivity index (χ1n) is 9.16. The Kier molecular flexibility index (Phi) is 5.17. The molecule has 2 aliphatic rings. The van der Waals surface area contributed by atoms with Gasteiger partial charge in [0.2, 0.25) is 0 Å². The number of ether oxygens (including phenoxy) is 1. The fourth-order valence-corrected chi connectivity index (χ4v) is 4.38. The van der Waals surface area contributed by atoms with E-state index in [2.05, 4.69) is 0 Å². The molecule has 2 aliphatic heterocycles. The van der Waals surface area contributed by atoms with Gasteiger partial charge in [0.25, 0.3) is 0 Å². The average molecular weight is 458 g/mol. The summed E-state index contributed by atoms with van der Waals surface area (Å²) < 4.78 is 73.3. The number of nitrogens with one attached hydrogen (secondary N) is 1. The van der Waals surface area contributed by atoms with Gasteiger partial charge in [0.1, 0.15) is 23.1 Å². The number of hydrogen-bond donors (Lipinski definition) is 1. The van der Waals surface area contributed by atoms with Crippen LogP contribution in [0.3, 0.4) is 0 Å². The maximum Gasteiger partial charge on any atom is 0.471 e. The summed E-state index contributed by atoms with van der Waals surface area (Å²) in [6.45, 7) is 0.242. The summed E-state index contributed by atoms with van der Waals surface area (Å²) in [6, 6.07) is 4.34. The second-order valence-electron chi connectivity index (χ2n) is 7.12. The van der Waals surface area contributed by atoms with E-state index in [1.807, 2.05) is 5.32 Å². The first-order chi connectivity index (χ1) is 14.6. The monoisotopic (exact) mass is 457 g/mol. The fourth-order valence-electron chi connectivity index (χ4n) is 4.04. The molecule has 0 aliphatic carbocycles. The van der Waals surface area contributed by atoms with Gasteiger partial charge in [0.05, 0.1) is 17.1 Å². The van der Waals surface area contributed by atoms with Crippen molar-refractivity contribution in [3.8, 4) is 17.6 Å². The molecule has 1 saturated heterocycles. The normalized spacial score (nSPS) is 19.8. The number of fused-ring (bicyclic) bond motifs is 5. The zero-order chi connectivity index (χ0) is 22.5. The highest BCUT2D eigenvalue weighted by molar-refractivity contribution is 6.35. The number of amides is 1. The average Bonchev–Trinajstić information content (AvgIpc) is 2.83. The van der Waals surface area contributed by atoms with Crippen molar-refractivity contribution in [3.63, 3.8) is 0 Å². The number of carbonyl (C=O) groups is 1. The summed E-state index contributed by atoms with van der Waals surface area (Å²) in [6.07, 6.45) is -4.60. The first-order valence-corrected chi connectivity index (χ1v) is 9.54. The highest BCUT2D eigenvalue weighted by atomic mass is 35.5. The third-order valence-electron chi connectivity index (χ3n) is 5.29. The Balaban J connectivity index is 1.93. The molecule has 4 rings (SSSR count). The van der Waals surface area contributed by atoms with Gasteiger partial charge in [-0.2, -0.15) is 18.4 Å². The number of rotatable bonds is 1. The predicted octanol–water partition coefficient (Wildman–Crippen LogP) is 4.98. The van der Waals surface area contributed by atoms with Crippen LogP contribution in [0.25, 0.3) is 0 Å². The molecule has 5 nitrogen and oxygen atoms in total. The lowest BCUT2D eigenvalue weighted by Crippen LogP contribution is -2.52. The Morgan fingerprint density at radius 1 is 1.29 bits per heavy atom. The zero-order valence-electron chi connectivity index (χ0n) is 15.6. The van der Waals surface area contributed by atoms with Gasteiger partial charge in [-0.25, -0.2) is 8.78 Å². The van der Waals surface area contributed by atoms with Crippen molar-refractivity contribution in [1.82, 2.24) is 5.32 Å². The summed E-state index contributed by atoms with van der Waals surface area (Å²) >= 11 is 6.29. The topological polar surface area (TPSA) is 65.4 Å². The van der Waals surface area contributed by atoms with Gasteiger partial charge in [0.15, 0.2) is 17.3 Å². The third-order valence-corrected chi connectivity index (χ3v) is 5.66. The maximum absolute atomic E-state index is 14.6. The Morgan fingerprint density at radius 3 is 2.71 bits per heavy atom. The van der Waals surface area contributed by atoms with Crippen LogP contribution in [-0.4, -0.2) is 24.7 Å². The van der Waals surface area contributed by atoms with Crippen molar-refractivity contribution in [2.45, 2.75) is 31.1 Å². The smallest absolute Gasteiger partial charge is 0.452 e. The number of halogens is 6. The minimum atomic E-state index is -5.11. The lowest BCUT2D eigenvalue weighted by atomic mass is 9.89. The van der Waals surface area contributed by atoms with Gasteiger partial charge in [-0.05, 0) is 18.9 Å². The number of para-hydroxylation sites is 1. The van der Waals surface area contributed by atoms with Crippen LogP contribution in [0.5, 0.6) is 11.5 Å². The highest BCUT2D eigenvalue weighted by Gasteiger charge is 2.45. The molecule has 1 amide bonds. The van der Waals surface area contributed by atoms with E-state index in [1.54, 1.807) is 6.07 Å². The molecule has 1 N–H and O–H groups in total. The first kappa shape index (κ1) is 21.2. The fraction of sp³-hybridized carbons (Fsp3) is 0.300. The van der Waals surface area contributed by atoms with Crippen molar-refractivity contribution in [3.05, 3.63) is 52.0 Å². The lowest BCUT2D eigenvalue weighted by molar-refractivity contribution is -0.174. The Bertz CT molecular complexity index is 1120. The van der Waals surface area contributed by atoms with E-state index in [0.717, 1.165) is 12.1 Å². The molecule has 0 spiro atoms. The zero-order valence-corrected chi connectivity index (χ0v) is 16.3. The number of alkyl halides is 3. The van der Waals surface area contributed by atoms with E-state index in [4.69, 9.17) is 16.3 Å². The summed E-state index contributed by atoms with van der Waals surface area (Å²) in [7, 11) is 0. The molecular weight excluding hydrogens is 445 g/mol. The van der Waals surface area contributed by atoms with Gasteiger partial charge in [-0.1, -0.05) is 23.7 Å². The van der Waals surface area contributed by atoms with Crippen molar-refractivity contribution in [1.29, 1.82) is 5.26 Å². The molecule has 0 unspecified atom stereocenters. The van der Waals surface area contributed by atoms with Crippen molar-refractivity contribution >= 4 is 23.2 Å². The number of nitriles is 1. The number of nitrogens with zero attached hydrogens (tertiary/aromatic N) is 2. The van der Waals surface area contributed by atoms with Crippen LogP contribution in [0.15, 0.2) is 24.3 Å². The quantitative estimate of drug-likeness (QED) is 0.613. The van der Waals surface area contributed by atoms with Crippen LogP contribution in [0.1, 0.15) is 30.0 Å². The van der Waals surface area contributed by atoms with Gasteiger partial charge < -0.3 is 15.0 Å². The summed E-state index contributed by atoms with van der Waals surface area (Å²) in [5.41, 5.74) is -0.264. The highest BCUT2D eigenvalue weighted by Crippen LogP contribution is 2.52. The van der Waals surface area contributed by atoms with E-state index in [-0.39, 0.29) is 40.7 Å².